The van der Waals surface area contributed by atoms with Crippen molar-refractivity contribution in [2.75, 3.05) is 19.8 Å². The van der Waals surface area contributed by atoms with Crippen molar-refractivity contribution >= 4 is 0 Å². The molecule has 0 spiro atoms. The minimum atomic E-state index is -1.66. The van der Waals surface area contributed by atoms with E-state index in [1.165, 1.54) is 12.5 Å². The van der Waals surface area contributed by atoms with Crippen molar-refractivity contribution in [2.45, 2.75) is 196 Å². The Bertz CT molecular complexity index is 1660. The van der Waals surface area contributed by atoms with Crippen LogP contribution in [0.5, 0.6) is 0 Å². The molecule has 3 saturated heterocycles. The predicted octanol–water partition coefficient (Wildman–Crippen LogP) is -0.911. The number of rotatable bonds is 12. The Hall–Kier alpha value is -1.40. The maximum atomic E-state index is 11.0. The van der Waals surface area contributed by atoms with Crippen molar-refractivity contribution in [1.82, 2.24) is 0 Å². The molecule has 6 fully saturated rings. The van der Waals surface area contributed by atoms with Gasteiger partial charge in [-0.1, -0.05) is 32.4 Å². The summed E-state index contributed by atoms with van der Waals surface area (Å²) in [5, 5.41) is 115. The number of ether oxygens (including phenoxy) is 7. The first kappa shape index (κ1) is 48.1. The number of aliphatic hydroxyl groups excluding tert-OH is 11. The zero-order valence-corrected chi connectivity index (χ0v) is 36.9. The number of allylic oxidation sites excluding steroid dienone is 2. The summed E-state index contributed by atoms with van der Waals surface area (Å²) in [6.07, 6.45) is -13.8. The second kappa shape index (κ2) is 18.6. The van der Waals surface area contributed by atoms with Crippen molar-refractivity contribution in [3.63, 3.8) is 0 Å². The number of fused-ring (bicyclic) bond motifs is 7. The van der Waals surface area contributed by atoms with E-state index >= 15 is 0 Å². The maximum absolute atomic E-state index is 11.0. The lowest BCUT2D eigenvalue weighted by molar-refractivity contribution is -0.365. The van der Waals surface area contributed by atoms with E-state index in [0.29, 0.717) is 37.5 Å². The highest BCUT2D eigenvalue weighted by Gasteiger charge is 2.65. The van der Waals surface area contributed by atoms with Crippen LogP contribution in [0.1, 0.15) is 86.0 Å². The van der Waals surface area contributed by atoms with E-state index < -0.39 is 123 Å². The van der Waals surface area contributed by atoms with Gasteiger partial charge in [0.05, 0.1) is 43.9 Å². The molecular formula is C45H72O18. The molecule has 8 rings (SSSR count). The van der Waals surface area contributed by atoms with E-state index in [-0.39, 0.29) is 35.9 Å². The van der Waals surface area contributed by atoms with Gasteiger partial charge in [0.15, 0.2) is 18.9 Å². The van der Waals surface area contributed by atoms with Gasteiger partial charge < -0.3 is 89.3 Å². The molecule has 0 aromatic heterocycles. The standard InChI is InChI=1S/C45H72O18/c1-18(17-57-43-40(37(54)34(51)29(16-47)61-43)63-41-38(55)35(52)32(49)20(3)58-41)6-9-26-19(2)31-27(59-26)14-25-23-8-7-21-12-22(48)13-30(45(21,5)24(23)10-11-44(25,31)4)62-42-39(56)36(53)33(50)28(15-46)60-42/h7,18,20,22-25,27-43,46-56H,6,8-17H2,1-5H3/t18-,20+,22-,23-,24+,25+,27+,28-,29-,30-,31+,32+,33+,34-,35-,36+,37+,38-,39-,40-,41-,42+,43-,44+,45+/m1/s1. The average molecular weight is 901 g/mol. The lowest BCUT2D eigenvalue weighted by Gasteiger charge is -2.60. The molecule has 360 valence electrons. The third kappa shape index (κ3) is 8.38. The van der Waals surface area contributed by atoms with Crippen LogP contribution in [0.3, 0.4) is 0 Å². The minimum Gasteiger partial charge on any atom is -0.494 e. The summed E-state index contributed by atoms with van der Waals surface area (Å²) in [5.74, 6) is 2.11. The monoisotopic (exact) mass is 900 g/mol. The highest BCUT2D eigenvalue weighted by molar-refractivity contribution is 5.31. The fraction of sp³-hybridized carbons (Fsp3) is 0.911. The van der Waals surface area contributed by atoms with Gasteiger partial charge in [0.2, 0.25) is 0 Å². The summed E-state index contributed by atoms with van der Waals surface area (Å²) in [6.45, 7) is 9.31. The third-order valence-corrected chi connectivity index (χ3v) is 16.8. The first-order chi connectivity index (χ1) is 29.8. The Morgan fingerprint density at radius 3 is 2.08 bits per heavy atom. The molecule has 25 atom stereocenters. The van der Waals surface area contributed by atoms with Crippen LogP contribution < -0.4 is 0 Å². The summed E-state index contributed by atoms with van der Waals surface area (Å²) in [5.41, 5.74) is 1.91. The SMILES string of the molecule is CC1=C(CC[C@@H](C)CO[C@@H]2O[C@H](CO)[C@@H](O)[C@H](O)[C@H]2O[C@H]2O[C@@H](C)[C@H](O)[C@@H](O)[C@H]2O)O[C@H]2C[C@H]3[C@@H]4CC=C5C[C@@H](O)C[C@@H](O[C@@H]6O[C@H](CO)[C@H](O)[C@H](O)[C@H]6O)[C@]5(C)[C@H]4CC[C@]3(C)[C@@H]12. The molecule has 0 aromatic carbocycles. The third-order valence-electron chi connectivity index (χ3n) is 16.8. The molecule has 4 heterocycles. The van der Waals surface area contributed by atoms with Crippen LogP contribution in [0.15, 0.2) is 23.0 Å². The first-order valence-corrected chi connectivity index (χ1v) is 23.1. The Balaban J connectivity index is 0.908. The van der Waals surface area contributed by atoms with E-state index in [1.807, 2.05) is 6.92 Å². The van der Waals surface area contributed by atoms with Gasteiger partial charge in [0.1, 0.15) is 73.2 Å². The summed E-state index contributed by atoms with van der Waals surface area (Å²) >= 11 is 0. The Kier molecular flexibility index (Phi) is 14.2. The van der Waals surface area contributed by atoms with Crippen molar-refractivity contribution in [3.05, 3.63) is 23.0 Å². The van der Waals surface area contributed by atoms with Crippen LogP contribution in [0.4, 0.5) is 0 Å². The number of aliphatic hydroxyl groups is 11. The van der Waals surface area contributed by atoms with Crippen LogP contribution >= 0.6 is 0 Å². The Labute approximate surface area is 368 Å². The largest absolute Gasteiger partial charge is 0.494 e. The lowest BCUT2D eigenvalue weighted by Crippen LogP contribution is -2.64. The van der Waals surface area contributed by atoms with Crippen LogP contribution in [0, 0.1) is 40.4 Å². The van der Waals surface area contributed by atoms with Gasteiger partial charge in [-0.25, -0.2) is 0 Å². The van der Waals surface area contributed by atoms with E-state index in [1.54, 1.807) is 0 Å². The minimum absolute atomic E-state index is 0.0145. The molecule has 0 bridgehead atoms. The van der Waals surface area contributed by atoms with E-state index in [4.69, 9.17) is 33.2 Å². The molecule has 8 aliphatic rings. The van der Waals surface area contributed by atoms with Crippen molar-refractivity contribution in [2.24, 2.45) is 40.4 Å². The van der Waals surface area contributed by atoms with Crippen molar-refractivity contribution in [3.8, 4) is 0 Å². The molecule has 63 heavy (non-hydrogen) atoms. The van der Waals surface area contributed by atoms with Crippen molar-refractivity contribution < 1.29 is 89.3 Å². The lowest BCUT2D eigenvalue weighted by atomic mass is 9.46. The number of hydrogen-bond donors (Lipinski definition) is 11. The number of hydrogen-bond acceptors (Lipinski definition) is 18. The normalized spacial score (nSPS) is 52.6. The molecular weight excluding hydrogens is 828 g/mol. The molecule has 0 amide bonds. The summed E-state index contributed by atoms with van der Waals surface area (Å²) in [6, 6.07) is 0. The zero-order chi connectivity index (χ0) is 45.4. The first-order valence-electron chi connectivity index (χ1n) is 23.1. The second-order valence-electron chi connectivity index (χ2n) is 20.5. The van der Waals surface area contributed by atoms with Crippen LogP contribution in [0.25, 0.3) is 0 Å². The molecule has 4 aliphatic heterocycles. The van der Waals surface area contributed by atoms with E-state index in [9.17, 15) is 56.2 Å². The predicted molar refractivity (Wildman–Crippen MR) is 218 cm³/mol. The van der Waals surface area contributed by atoms with E-state index in [0.717, 1.165) is 37.0 Å². The summed E-state index contributed by atoms with van der Waals surface area (Å²) < 4.78 is 42.5. The van der Waals surface area contributed by atoms with Crippen molar-refractivity contribution in [1.29, 1.82) is 0 Å². The van der Waals surface area contributed by atoms with E-state index in [2.05, 4.69) is 26.8 Å². The fourth-order valence-electron chi connectivity index (χ4n) is 13.1. The quantitative estimate of drug-likeness (QED) is 0.106. The van der Waals surface area contributed by atoms with Gasteiger partial charge in [-0.3, -0.25) is 0 Å². The van der Waals surface area contributed by atoms with Gasteiger partial charge in [0, 0.05) is 24.2 Å². The molecule has 4 aliphatic carbocycles. The molecule has 0 aromatic rings. The molecule has 3 saturated carbocycles. The average Bonchev–Trinajstić information content (AvgIpc) is 3.74. The summed E-state index contributed by atoms with van der Waals surface area (Å²) in [7, 11) is 0. The van der Waals surface area contributed by atoms with Crippen LogP contribution in [0.2, 0.25) is 0 Å². The van der Waals surface area contributed by atoms with Crippen LogP contribution in [-0.2, 0) is 33.2 Å². The molecule has 0 radical (unpaired) electrons. The van der Waals surface area contributed by atoms with Gasteiger partial charge >= 0.3 is 0 Å². The Morgan fingerprint density at radius 2 is 1.40 bits per heavy atom. The highest BCUT2D eigenvalue weighted by atomic mass is 16.8. The van der Waals surface area contributed by atoms with Gasteiger partial charge in [-0.05, 0) is 87.0 Å². The molecule has 18 heteroatoms. The zero-order valence-electron chi connectivity index (χ0n) is 36.9. The Morgan fingerprint density at radius 1 is 0.762 bits per heavy atom. The maximum Gasteiger partial charge on any atom is 0.187 e. The molecule has 18 nitrogen and oxygen atoms in total. The van der Waals surface area contributed by atoms with Crippen LogP contribution in [-0.4, -0.2) is 186 Å². The molecule has 0 unspecified atom stereocenters. The second-order valence-corrected chi connectivity index (χ2v) is 20.5. The molecule has 11 N–H and O–H groups in total. The smallest absolute Gasteiger partial charge is 0.187 e. The topological polar surface area (TPSA) is 287 Å². The summed E-state index contributed by atoms with van der Waals surface area (Å²) in [4.78, 5) is 0. The highest BCUT2D eigenvalue weighted by Crippen LogP contribution is 2.69. The van der Waals surface area contributed by atoms with Gasteiger partial charge in [-0.15, -0.1) is 0 Å². The van der Waals surface area contributed by atoms with Gasteiger partial charge in [-0.2, -0.15) is 0 Å². The fourth-order valence-corrected chi connectivity index (χ4v) is 13.1. The van der Waals surface area contributed by atoms with Gasteiger partial charge in [0.25, 0.3) is 0 Å².